The second-order valence-electron chi connectivity index (χ2n) is 4.80. The number of hydrogen-bond acceptors (Lipinski definition) is 4. The molecule has 0 radical (unpaired) electrons. The molecule has 2 aromatic rings. The molecule has 1 saturated heterocycles. The number of anilines is 2. The first-order valence-corrected chi connectivity index (χ1v) is 7.32. The third kappa shape index (κ3) is 2.70. The van der Waals surface area contributed by atoms with E-state index < -0.39 is 0 Å². The van der Waals surface area contributed by atoms with E-state index in [0.29, 0.717) is 5.88 Å². The average molecular weight is 289 g/mol. The van der Waals surface area contributed by atoms with Crippen LogP contribution in [0.1, 0.15) is 5.56 Å². The van der Waals surface area contributed by atoms with E-state index in [1.54, 1.807) is 0 Å². The Morgan fingerprint density at radius 1 is 1.00 bits per heavy atom. The fourth-order valence-corrected chi connectivity index (χ4v) is 2.75. The molecular formula is C15H17ClN4. The first-order valence-electron chi connectivity index (χ1n) is 6.78. The lowest BCUT2D eigenvalue weighted by molar-refractivity contribution is 0.646. The summed E-state index contributed by atoms with van der Waals surface area (Å²) in [5, 5.41) is 0. The minimum atomic E-state index is 0.504. The summed E-state index contributed by atoms with van der Waals surface area (Å²) in [6, 6.07) is 8.09. The van der Waals surface area contributed by atoms with Crippen LogP contribution in [0.3, 0.4) is 0 Å². The van der Waals surface area contributed by atoms with Crippen molar-refractivity contribution in [3.63, 3.8) is 0 Å². The molecule has 3 rings (SSSR count). The van der Waals surface area contributed by atoms with Crippen LogP contribution in [0, 0.1) is 0 Å². The van der Waals surface area contributed by atoms with Crippen molar-refractivity contribution in [3.8, 4) is 0 Å². The molecule has 0 spiro atoms. The lowest BCUT2D eigenvalue weighted by atomic mass is 10.2. The molecule has 0 aliphatic carbocycles. The van der Waals surface area contributed by atoms with Crippen LogP contribution in [0.15, 0.2) is 42.9 Å². The standard InChI is InChI=1S/C15H17ClN4/c16-11-13-12-17-6-4-14(13)19-7-9-20(10-8-19)15-3-1-2-5-18-15/h1-6,12H,7-11H2. The molecule has 1 fully saturated rings. The highest BCUT2D eigenvalue weighted by atomic mass is 35.5. The Kier molecular flexibility index (Phi) is 4.02. The molecule has 104 valence electrons. The number of rotatable bonds is 3. The van der Waals surface area contributed by atoms with Gasteiger partial charge in [0.05, 0.1) is 5.88 Å². The second-order valence-corrected chi connectivity index (χ2v) is 5.07. The lowest BCUT2D eigenvalue weighted by Gasteiger charge is -2.37. The third-order valence-corrected chi connectivity index (χ3v) is 3.90. The van der Waals surface area contributed by atoms with Gasteiger partial charge in [-0.3, -0.25) is 4.98 Å². The molecule has 2 aromatic heterocycles. The fraction of sp³-hybridized carbons (Fsp3) is 0.333. The summed E-state index contributed by atoms with van der Waals surface area (Å²) >= 11 is 5.99. The number of hydrogen-bond donors (Lipinski definition) is 0. The van der Waals surface area contributed by atoms with Gasteiger partial charge in [-0.15, -0.1) is 11.6 Å². The summed E-state index contributed by atoms with van der Waals surface area (Å²) in [7, 11) is 0. The SMILES string of the molecule is ClCc1cnccc1N1CCN(c2ccccn2)CC1. The molecule has 0 aromatic carbocycles. The minimum absolute atomic E-state index is 0.504. The van der Waals surface area contributed by atoms with E-state index >= 15 is 0 Å². The highest BCUT2D eigenvalue weighted by Crippen LogP contribution is 2.23. The summed E-state index contributed by atoms with van der Waals surface area (Å²) in [6.07, 6.45) is 5.53. The van der Waals surface area contributed by atoms with E-state index in [-0.39, 0.29) is 0 Å². The van der Waals surface area contributed by atoms with E-state index in [9.17, 15) is 0 Å². The predicted octanol–water partition coefficient (Wildman–Crippen LogP) is 2.54. The van der Waals surface area contributed by atoms with Crippen molar-refractivity contribution in [2.75, 3.05) is 36.0 Å². The molecule has 1 aliphatic heterocycles. The van der Waals surface area contributed by atoms with Crippen LogP contribution in [-0.4, -0.2) is 36.1 Å². The zero-order valence-corrected chi connectivity index (χ0v) is 12.0. The normalized spacial score (nSPS) is 15.4. The highest BCUT2D eigenvalue weighted by Gasteiger charge is 2.19. The number of piperazine rings is 1. The number of nitrogens with zero attached hydrogens (tertiary/aromatic N) is 4. The third-order valence-electron chi connectivity index (χ3n) is 3.62. The molecule has 0 bridgehead atoms. The van der Waals surface area contributed by atoms with Crippen LogP contribution < -0.4 is 9.80 Å². The number of alkyl halides is 1. The van der Waals surface area contributed by atoms with Crippen molar-refractivity contribution in [1.29, 1.82) is 0 Å². The van der Waals surface area contributed by atoms with E-state index in [1.807, 2.05) is 36.8 Å². The van der Waals surface area contributed by atoms with E-state index in [1.165, 1.54) is 5.69 Å². The van der Waals surface area contributed by atoms with Crippen LogP contribution in [0.25, 0.3) is 0 Å². The van der Waals surface area contributed by atoms with E-state index in [2.05, 4.69) is 25.8 Å². The predicted molar refractivity (Wildman–Crippen MR) is 82.5 cm³/mol. The number of halogens is 1. The highest BCUT2D eigenvalue weighted by molar-refractivity contribution is 6.17. The zero-order valence-electron chi connectivity index (χ0n) is 11.2. The van der Waals surface area contributed by atoms with Crippen LogP contribution in [0.2, 0.25) is 0 Å². The van der Waals surface area contributed by atoms with Crippen LogP contribution in [-0.2, 0) is 5.88 Å². The molecule has 0 unspecified atom stereocenters. The zero-order chi connectivity index (χ0) is 13.8. The Morgan fingerprint density at radius 3 is 2.50 bits per heavy atom. The van der Waals surface area contributed by atoms with E-state index in [0.717, 1.165) is 37.6 Å². The summed E-state index contributed by atoms with van der Waals surface area (Å²) in [6.45, 7) is 3.90. The van der Waals surface area contributed by atoms with Gasteiger partial charge < -0.3 is 9.80 Å². The van der Waals surface area contributed by atoms with Gasteiger partial charge in [-0.25, -0.2) is 4.98 Å². The number of aromatic nitrogens is 2. The maximum atomic E-state index is 5.99. The van der Waals surface area contributed by atoms with Crippen molar-refractivity contribution < 1.29 is 0 Å². The van der Waals surface area contributed by atoms with Gasteiger partial charge in [0.25, 0.3) is 0 Å². The summed E-state index contributed by atoms with van der Waals surface area (Å²) in [5.41, 5.74) is 2.30. The van der Waals surface area contributed by atoms with Crippen LogP contribution in [0.5, 0.6) is 0 Å². The van der Waals surface area contributed by atoms with Gasteiger partial charge in [0.15, 0.2) is 0 Å². The number of pyridine rings is 2. The Balaban J connectivity index is 1.70. The smallest absolute Gasteiger partial charge is 0.128 e. The molecule has 0 amide bonds. The van der Waals surface area contributed by atoms with Gasteiger partial charge >= 0.3 is 0 Å². The topological polar surface area (TPSA) is 32.3 Å². The van der Waals surface area contributed by atoms with Gasteiger partial charge in [0.1, 0.15) is 5.82 Å². The van der Waals surface area contributed by atoms with Crippen molar-refractivity contribution in [1.82, 2.24) is 9.97 Å². The van der Waals surface area contributed by atoms with Gasteiger partial charge in [-0.2, -0.15) is 0 Å². The second kappa shape index (κ2) is 6.09. The molecule has 4 nitrogen and oxygen atoms in total. The molecular weight excluding hydrogens is 272 g/mol. The molecule has 0 N–H and O–H groups in total. The summed E-state index contributed by atoms with van der Waals surface area (Å²) in [4.78, 5) is 13.2. The molecule has 20 heavy (non-hydrogen) atoms. The van der Waals surface area contributed by atoms with Gasteiger partial charge in [-0.1, -0.05) is 6.07 Å². The minimum Gasteiger partial charge on any atom is -0.368 e. The Labute approximate surface area is 124 Å². The Bertz CT molecular complexity index is 553. The monoisotopic (exact) mass is 288 g/mol. The Hall–Kier alpha value is -1.81. The van der Waals surface area contributed by atoms with Crippen LogP contribution >= 0.6 is 11.6 Å². The Morgan fingerprint density at radius 2 is 1.80 bits per heavy atom. The first-order chi connectivity index (χ1) is 9.88. The van der Waals surface area contributed by atoms with Crippen molar-refractivity contribution >= 4 is 23.1 Å². The van der Waals surface area contributed by atoms with Crippen molar-refractivity contribution in [3.05, 3.63) is 48.4 Å². The van der Waals surface area contributed by atoms with Gasteiger partial charge in [-0.05, 0) is 18.2 Å². The fourth-order valence-electron chi connectivity index (χ4n) is 2.55. The largest absolute Gasteiger partial charge is 0.368 e. The molecule has 0 saturated carbocycles. The molecule has 1 aliphatic rings. The van der Waals surface area contributed by atoms with E-state index in [4.69, 9.17) is 11.6 Å². The maximum absolute atomic E-state index is 5.99. The average Bonchev–Trinajstić information content (AvgIpc) is 2.56. The van der Waals surface area contributed by atoms with Gasteiger partial charge in [0.2, 0.25) is 0 Å². The van der Waals surface area contributed by atoms with Crippen molar-refractivity contribution in [2.24, 2.45) is 0 Å². The molecule has 5 heteroatoms. The summed E-state index contributed by atoms with van der Waals surface area (Å²) < 4.78 is 0. The lowest BCUT2D eigenvalue weighted by Crippen LogP contribution is -2.47. The van der Waals surface area contributed by atoms with Crippen molar-refractivity contribution in [2.45, 2.75) is 5.88 Å². The maximum Gasteiger partial charge on any atom is 0.128 e. The quantitative estimate of drug-likeness (QED) is 0.813. The first kappa shape index (κ1) is 13.2. The van der Waals surface area contributed by atoms with Crippen LogP contribution in [0.4, 0.5) is 11.5 Å². The molecule has 0 atom stereocenters. The van der Waals surface area contributed by atoms with Gasteiger partial charge in [0, 0.05) is 56.0 Å². The molecule has 3 heterocycles. The summed E-state index contributed by atoms with van der Waals surface area (Å²) in [5.74, 6) is 1.56.